The molecule has 0 radical (unpaired) electrons. The molecule has 0 bridgehead atoms. The summed E-state index contributed by atoms with van der Waals surface area (Å²) in [6, 6.07) is 9.57. The highest BCUT2D eigenvalue weighted by Gasteiger charge is 2.28. The third-order valence-electron chi connectivity index (χ3n) is 4.55. The van der Waals surface area contributed by atoms with Crippen LogP contribution in [0.5, 0.6) is 0 Å². The van der Waals surface area contributed by atoms with Gasteiger partial charge in [-0.3, -0.25) is 19.5 Å². The normalized spacial score (nSPS) is 15.4. The van der Waals surface area contributed by atoms with E-state index < -0.39 is 10.0 Å². The number of rotatable bonds is 6. The molecule has 1 saturated heterocycles. The monoisotopic (exact) mass is 387 g/mol. The lowest BCUT2D eigenvalue weighted by Gasteiger charge is -2.25. The number of carbonyl (C=O) groups excluding carboxylic acids is 2. The number of piperidine rings is 1. The maximum Gasteiger partial charge on any atom is 0.242 e. The third kappa shape index (κ3) is 4.23. The number of likely N-dealkylation sites (N-methyl/N-ethyl adjacent to an activating group) is 1. The first kappa shape index (κ1) is 19.2. The molecule has 1 aliphatic rings. The highest BCUT2D eigenvalue weighted by molar-refractivity contribution is 7.89. The van der Waals surface area contributed by atoms with Crippen molar-refractivity contribution in [3.63, 3.8) is 0 Å². The first-order chi connectivity index (χ1) is 12.9. The maximum atomic E-state index is 12.7. The van der Waals surface area contributed by atoms with Crippen molar-refractivity contribution in [3.8, 4) is 0 Å². The van der Waals surface area contributed by atoms with Crippen molar-refractivity contribution in [3.05, 3.63) is 54.4 Å². The van der Waals surface area contributed by atoms with E-state index in [0.717, 1.165) is 10.5 Å². The second-order valence-corrected chi connectivity index (χ2v) is 8.45. The van der Waals surface area contributed by atoms with Gasteiger partial charge < -0.3 is 0 Å². The molecule has 0 atom stereocenters. The number of hydrogen-bond acceptors (Lipinski definition) is 5. The fourth-order valence-electron chi connectivity index (χ4n) is 2.94. The van der Waals surface area contributed by atoms with Crippen molar-refractivity contribution in [2.24, 2.45) is 0 Å². The summed E-state index contributed by atoms with van der Waals surface area (Å²) in [5.74, 6) is -0.507. The van der Waals surface area contributed by atoms with E-state index in [-0.39, 0.29) is 16.7 Å². The molecule has 3 rings (SSSR count). The lowest BCUT2D eigenvalue weighted by atomic mass is 10.1. The van der Waals surface area contributed by atoms with Gasteiger partial charge in [0.15, 0.2) is 0 Å². The molecular formula is C19H21N3O4S. The average Bonchev–Trinajstić information content (AvgIpc) is 2.67. The van der Waals surface area contributed by atoms with Crippen LogP contribution in [0.4, 0.5) is 5.69 Å². The summed E-state index contributed by atoms with van der Waals surface area (Å²) in [5, 5.41) is 0. The Kier molecular flexibility index (Phi) is 5.67. The molecule has 7 nitrogen and oxygen atoms in total. The lowest BCUT2D eigenvalue weighted by Crippen LogP contribution is -2.40. The van der Waals surface area contributed by atoms with Gasteiger partial charge in [0.05, 0.1) is 10.6 Å². The van der Waals surface area contributed by atoms with E-state index in [2.05, 4.69) is 4.98 Å². The maximum absolute atomic E-state index is 12.7. The van der Waals surface area contributed by atoms with Gasteiger partial charge in [-0.05, 0) is 54.8 Å². The summed E-state index contributed by atoms with van der Waals surface area (Å²) < 4.78 is 26.8. The van der Waals surface area contributed by atoms with Crippen molar-refractivity contribution in [2.45, 2.75) is 30.6 Å². The SMILES string of the molecule is CN(CCc1ccncc1)S(=O)(=O)c1ccc(N2C(=O)CCCC2=O)cc1. The van der Waals surface area contributed by atoms with Gasteiger partial charge >= 0.3 is 0 Å². The zero-order valence-corrected chi connectivity index (χ0v) is 15.9. The van der Waals surface area contributed by atoms with Crippen LogP contribution in [-0.4, -0.2) is 43.1 Å². The minimum atomic E-state index is -3.65. The van der Waals surface area contributed by atoms with Crippen LogP contribution in [0.15, 0.2) is 53.7 Å². The Bertz CT molecular complexity index is 911. The van der Waals surface area contributed by atoms with Crippen LogP contribution < -0.4 is 4.90 Å². The number of pyridine rings is 1. The predicted octanol–water partition coefficient (Wildman–Crippen LogP) is 1.99. The van der Waals surface area contributed by atoms with E-state index in [0.29, 0.717) is 37.9 Å². The molecule has 27 heavy (non-hydrogen) atoms. The summed E-state index contributed by atoms with van der Waals surface area (Å²) in [6.07, 6.45) is 5.13. The quantitative estimate of drug-likeness (QED) is 0.708. The van der Waals surface area contributed by atoms with Gasteiger partial charge in [-0.25, -0.2) is 12.7 Å². The molecule has 1 aliphatic heterocycles. The Morgan fingerprint density at radius 2 is 1.59 bits per heavy atom. The average molecular weight is 387 g/mol. The topological polar surface area (TPSA) is 87.7 Å². The van der Waals surface area contributed by atoms with Crippen molar-refractivity contribution in [2.75, 3.05) is 18.5 Å². The Hall–Kier alpha value is -2.58. The third-order valence-corrected chi connectivity index (χ3v) is 6.42. The minimum Gasteiger partial charge on any atom is -0.274 e. The van der Waals surface area contributed by atoms with Crippen molar-refractivity contribution < 1.29 is 18.0 Å². The minimum absolute atomic E-state index is 0.125. The van der Waals surface area contributed by atoms with Gasteiger partial charge in [0.2, 0.25) is 21.8 Å². The molecule has 8 heteroatoms. The molecule has 1 fully saturated rings. The number of imide groups is 1. The molecule has 1 aromatic carbocycles. The Labute approximate surface area is 158 Å². The fraction of sp³-hybridized carbons (Fsp3) is 0.316. The highest BCUT2D eigenvalue weighted by Crippen LogP contribution is 2.24. The number of benzene rings is 1. The molecule has 1 aromatic heterocycles. The van der Waals surface area contributed by atoms with Crippen LogP contribution in [-0.2, 0) is 26.0 Å². The van der Waals surface area contributed by atoms with E-state index in [1.807, 2.05) is 12.1 Å². The number of amides is 2. The van der Waals surface area contributed by atoms with Gasteiger partial charge in [0.25, 0.3) is 0 Å². The Morgan fingerprint density at radius 3 is 2.19 bits per heavy atom. The van der Waals surface area contributed by atoms with Crippen LogP contribution in [0.3, 0.4) is 0 Å². The molecule has 0 aliphatic carbocycles. The zero-order chi connectivity index (χ0) is 19.4. The van der Waals surface area contributed by atoms with Crippen LogP contribution >= 0.6 is 0 Å². The molecular weight excluding hydrogens is 366 g/mol. The summed E-state index contributed by atoms with van der Waals surface area (Å²) >= 11 is 0. The largest absolute Gasteiger partial charge is 0.274 e. The van der Waals surface area contributed by atoms with E-state index in [4.69, 9.17) is 0 Å². The zero-order valence-electron chi connectivity index (χ0n) is 15.0. The van der Waals surface area contributed by atoms with E-state index >= 15 is 0 Å². The number of anilines is 1. The fourth-order valence-corrected chi connectivity index (χ4v) is 4.12. The second kappa shape index (κ2) is 7.98. The van der Waals surface area contributed by atoms with Crippen molar-refractivity contribution in [1.82, 2.24) is 9.29 Å². The van der Waals surface area contributed by atoms with Crippen LogP contribution in [0, 0.1) is 0 Å². The van der Waals surface area contributed by atoms with E-state index in [1.165, 1.54) is 35.6 Å². The summed E-state index contributed by atoms with van der Waals surface area (Å²) in [7, 11) is -2.12. The van der Waals surface area contributed by atoms with Gasteiger partial charge in [-0.1, -0.05) is 0 Å². The van der Waals surface area contributed by atoms with Gasteiger partial charge in [0, 0.05) is 38.8 Å². The van der Waals surface area contributed by atoms with Crippen molar-refractivity contribution >= 4 is 27.5 Å². The number of sulfonamides is 1. The predicted molar refractivity (Wildman–Crippen MR) is 101 cm³/mol. The molecule has 0 spiro atoms. The first-order valence-corrected chi connectivity index (χ1v) is 10.1. The number of hydrogen-bond donors (Lipinski definition) is 0. The number of carbonyl (C=O) groups is 2. The Balaban J connectivity index is 1.73. The van der Waals surface area contributed by atoms with E-state index in [1.54, 1.807) is 12.4 Å². The summed E-state index contributed by atoms with van der Waals surface area (Å²) in [5.41, 5.74) is 1.41. The molecule has 0 N–H and O–H groups in total. The number of aromatic nitrogens is 1. The van der Waals surface area contributed by atoms with Crippen LogP contribution in [0.2, 0.25) is 0 Å². The van der Waals surface area contributed by atoms with Gasteiger partial charge in [0.1, 0.15) is 0 Å². The Morgan fingerprint density at radius 1 is 1.00 bits per heavy atom. The lowest BCUT2D eigenvalue weighted by molar-refractivity contribution is -0.129. The molecule has 2 heterocycles. The van der Waals surface area contributed by atoms with Crippen molar-refractivity contribution in [1.29, 1.82) is 0 Å². The van der Waals surface area contributed by atoms with Crippen LogP contribution in [0.1, 0.15) is 24.8 Å². The summed E-state index contributed by atoms with van der Waals surface area (Å²) in [4.78, 5) is 29.2. The molecule has 2 amide bonds. The smallest absolute Gasteiger partial charge is 0.242 e. The molecule has 2 aromatic rings. The van der Waals surface area contributed by atoms with Gasteiger partial charge in [-0.15, -0.1) is 0 Å². The van der Waals surface area contributed by atoms with Gasteiger partial charge in [-0.2, -0.15) is 0 Å². The molecule has 142 valence electrons. The molecule has 0 unspecified atom stereocenters. The standard InChI is InChI=1S/C19H21N3O4S/c1-21(14-11-15-9-12-20-13-10-15)27(25,26)17-7-5-16(6-8-17)22-18(23)3-2-4-19(22)24/h5-10,12-13H,2-4,11,14H2,1H3. The first-order valence-electron chi connectivity index (χ1n) is 8.70. The number of nitrogens with zero attached hydrogens (tertiary/aromatic N) is 3. The highest BCUT2D eigenvalue weighted by atomic mass is 32.2. The summed E-state index contributed by atoms with van der Waals surface area (Å²) in [6.45, 7) is 0.331. The van der Waals surface area contributed by atoms with Crippen LogP contribution in [0.25, 0.3) is 0 Å². The van der Waals surface area contributed by atoms with E-state index in [9.17, 15) is 18.0 Å². The second-order valence-electron chi connectivity index (χ2n) is 6.40. The molecule has 0 saturated carbocycles.